The molecule has 70 valence electrons. The summed E-state index contributed by atoms with van der Waals surface area (Å²) in [5.41, 5.74) is 1.17. The molecule has 1 aromatic carbocycles. The first-order valence-electron chi connectivity index (χ1n) is 4.25. The Morgan fingerprint density at radius 2 is 2.15 bits per heavy atom. The minimum absolute atomic E-state index is 0.621. The van der Waals surface area contributed by atoms with Crippen molar-refractivity contribution in [3.8, 4) is 5.75 Å². The van der Waals surface area contributed by atoms with Crippen molar-refractivity contribution in [2.45, 2.75) is 18.8 Å². The van der Waals surface area contributed by atoms with E-state index in [1.54, 1.807) is 7.11 Å². The van der Waals surface area contributed by atoms with Crippen molar-refractivity contribution in [3.05, 3.63) is 27.2 Å². The third-order valence-electron chi connectivity index (χ3n) is 2.26. The van der Waals surface area contributed by atoms with Crippen molar-refractivity contribution >= 4 is 27.5 Å². The molecule has 0 heterocycles. The zero-order valence-corrected chi connectivity index (χ0v) is 9.65. The molecule has 0 amide bonds. The average molecular weight is 262 g/mol. The molecule has 1 aliphatic rings. The van der Waals surface area contributed by atoms with Crippen LogP contribution in [0.3, 0.4) is 0 Å². The smallest absolute Gasteiger partial charge is 0.124 e. The minimum atomic E-state index is 0.621. The van der Waals surface area contributed by atoms with Crippen molar-refractivity contribution in [1.82, 2.24) is 0 Å². The van der Waals surface area contributed by atoms with E-state index in [1.807, 2.05) is 12.1 Å². The van der Waals surface area contributed by atoms with E-state index in [0.29, 0.717) is 5.92 Å². The quantitative estimate of drug-likeness (QED) is 0.782. The maximum absolute atomic E-state index is 6.14. The summed E-state index contributed by atoms with van der Waals surface area (Å²) in [5, 5.41) is 0.814. The van der Waals surface area contributed by atoms with Gasteiger partial charge in [-0.1, -0.05) is 27.5 Å². The molecule has 1 fully saturated rings. The lowest BCUT2D eigenvalue weighted by Gasteiger charge is -2.09. The Morgan fingerprint density at radius 1 is 1.46 bits per heavy atom. The molecule has 0 bridgehead atoms. The fourth-order valence-corrected chi connectivity index (χ4v) is 2.43. The first-order chi connectivity index (χ1) is 6.22. The van der Waals surface area contributed by atoms with Gasteiger partial charge < -0.3 is 4.74 Å². The van der Waals surface area contributed by atoms with Gasteiger partial charge in [-0.2, -0.15) is 0 Å². The van der Waals surface area contributed by atoms with Crippen LogP contribution in [0.5, 0.6) is 5.75 Å². The summed E-state index contributed by atoms with van der Waals surface area (Å²) in [6.45, 7) is 0. The lowest BCUT2D eigenvalue weighted by Crippen LogP contribution is -1.91. The molecule has 0 aliphatic heterocycles. The van der Waals surface area contributed by atoms with Gasteiger partial charge in [0, 0.05) is 15.1 Å². The molecule has 0 unspecified atom stereocenters. The van der Waals surface area contributed by atoms with Gasteiger partial charge in [0.15, 0.2) is 0 Å². The number of ether oxygens (including phenoxy) is 1. The number of methoxy groups -OCH3 is 1. The van der Waals surface area contributed by atoms with Gasteiger partial charge in [0.05, 0.1) is 7.11 Å². The molecule has 0 spiro atoms. The monoisotopic (exact) mass is 260 g/mol. The highest BCUT2D eigenvalue weighted by Gasteiger charge is 2.29. The van der Waals surface area contributed by atoms with E-state index < -0.39 is 0 Å². The van der Waals surface area contributed by atoms with Crippen LogP contribution < -0.4 is 4.74 Å². The first-order valence-corrected chi connectivity index (χ1v) is 5.42. The van der Waals surface area contributed by atoms with Crippen molar-refractivity contribution < 1.29 is 4.74 Å². The molecule has 1 aliphatic carbocycles. The standard InChI is InChI=1S/C10H10BrClO/c1-13-9-5-7(11)4-8(12)10(9)6-2-3-6/h4-6H,2-3H2,1H3. The van der Waals surface area contributed by atoms with Crippen LogP contribution in [0.4, 0.5) is 0 Å². The molecule has 2 rings (SSSR count). The molecule has 0 saturated heterocycles. The highest BCUT2D eigenvalue weighted by atomic mass is 79.9. The van der Waals surface area contributed by atoms with Crippen molar-refractivity contribution in [2.24, 2.45) is 0 Å². The second-order valence-electron chi connectivity index (χ2n) is 3.28. The van der Waals surface area contributed by atoms with E-state index in [2.05, 4.69) is 15.9 Å². The van der Waals surface area contributed by atoms with Gasteiger partial charge in [0.2, 0.25) is 0 Å². The molecular formula is C10H10BrClO. The Hall–Kier alpha value is -0.210. The zero-order chi connectivity index (χ0) is 9.42. The van der Waals surface area contributed by atoms with Gasteiger partial charge in [0.25, 0.3) is 0 Å². The van der Waals surface area contributed by atoms with Gasteiger partial charge >= 0.3 is 0 Å². The van der Waals surface area contributed by atoms with E-state index >= 15 is 0 Å². The number of hydrogen-bond donors (Lipinski definition) is 0. The molecule has 1 saturated carbocycles. The van der Waals surface area contributed by atoms with E-state index in [1.165, 1.54) is 18.4 Å². The topological polar surface area (TPSA) is 9.23 Å². The largest absolute Gasteiger partial charge is 0.496 e. The molecular weight excluding hydrogens is 251 g/mol. The third-order valence-corrected chi connectivity index (χ3v) is 3.03. The average Bonchev–Trinajstić information content (AvgIpc) is 2.86. The Labute approximate surface area is 91.2 Å². The molecule has 13 heavy (non-hydrogen) atoms. The number of benzene rings is 1. The minimum Gasteiger partial charge on any atom is -0.496 e. The van der Waals surface area contributed by atoms with Gasteiger partial charge in [-0.05, 0) is 30.9 Å². The Balaban J connectivity index is 2.50. The van der Waals surface area contributed by atoms with Gasteiger partial charge in [-0.15, -0.1) is 0 Å². The van der Waals surface area contributed by atoms with Gasteiger partial charge in [-0.3, -0.25) is 0 Å². The van der Waals surface area contributed by atoms with E-state index in [4.69, 9.17) is 16.3 Å². The first kappa shape index (κ1) is 9.35. The summed E-state index contributed by atoms with van der Waals surface area (Å²) in [6.07, 6.45) is 2.47. The Kier molecular flexibility index (Phi) is 2.52. The van der Waals surface area contributed by atoms with Crippen molar-refractivity contribution in [3.63, 3.8) is 0 Å². The van der Waals surface area contributed by atoms with Crippen LogP contribution in [0, 0.1) is 0 Å². The highest BCUT2D eigenvalue weighted by molar-refractivity contribution is 9.10. The van der Waals surface area contributed by atoms with Crippen molar-refractivity contribution in [2.75, 3.05) is 7.11 Å². The molecule has 3 heteroatoms. The SMILES string of the molecule is COc1cc(Br)cc(Cl)c1C1CC1. The maximum atomic E-state index is 6.14. The van der Waals surface area contributed by atoms with Crippen LogP contribution in [0.2, 0.25) is 5.02 Å². The van der Waals surface area contributed by atoms with E-state index in [9.17, 15) is 0 Å². The lowest BCUT2D eigenvalue weighted by atomic mass is 10.1. The summed E-state index contributed by atoms with van der Waals surface area (Å²) in [4.78, 5) is 0. The molecule has 0 aromatic heterocycles. The molecule has 1 nitrogen and oxygen atoms in total. The fraction of sp³-hybridized carbons (Fsp3) is 0.400. The predicted molar refractivity (Wildman–Crippen MR) is 57.7 cm³/mol. The number of halogens is 2. The zero-order valence-electron chi connectivity index (χ0n) is 7.31. The number of hydrogen-bond acceptors (Lipinski definition) is 1. The van der Waals surface area contributed by atoms with Crippen LogP contribution in [0.1, 0.15) is 24.3 Å². The fourth-order valence-electron chi connectivity index (χ4n) is 1.50. The highest BCUT2D eigenvalue weighted by Crippen LogP contribution is 2.48. The summed E-state index contributed by atoms with van der Waals surface area (Å²) >= 11 is 9.53. The lowest BCUT2D eigenvalue weighted by molar-refractivity contribution is 0.409. The Morgan fingerprint density at radius 3 is 2.69 bits per heavy atom. The maximum Gasteiger partial charge on any atom is 0.124 e. The van der Waals surface area contributed by atoms with E-state index in [0.717, 1.165) is 15.2 Å². The summed E-state index contributed by atoms with van der Waals surface area (Å²) in [6, 6.07) is 3.90. The summed E-state index contributed by atoms with van der Waals surface area (Å²) < 4.78 is 6.26. The second-order valence-corrected chi connectivity index (χ2v) is 4.60. The van der Waals surface area contributed by atoms with Gasteiger partial charge in [0.1, 0.15) is 5.75 Å². The molecule has 0 N–H and O–H groups in total. The molecule has 1 aromatic rings. The Bertz CT molecular complexity index is 334. The summed E-state index contributed by atoms with van der Waals surface area (Å²) in [7, 11) is 1.68. The van der Waals surface area contributed by atoms with E-state index in [-0.39, 0.29) is 0 Å². The molecule has 0 radical (unpaired) electrons. The van der Waals surface area contributed by atoms with Crippen LogP contribution in [-0.2, 0) is 0 Å². The van der Waals surface area contributed by atoms with Crippen LogP contribution in [0.25, 0.3) is 0 Å². The van der Waals surface area contributed by atoms with Gasteiger partial charge in [-0.25, -0.2) is 0 Å². The van der Waals surface area contributed by atoms with Crippen LogP contribution in [0.15, 0.2) is 16.6 Å². The van der Waals surface area contributed by atoms with Crippen LogP contribution >= 0.6 is 27.5 Å². The van der Waals surface area contributed by atoms with Crippen LogP contribution in [-0.4, -0.2) is 7.11 Å². The second kappa shape index (κ2) is 3.50. The predicted octanol–water partition coefficient (Wildman–Crippen LogP) is 3.99. The normalized spacial score (nSPS) is 15.9. The van der Waals surface area contributed by atoms with Crippen molar-refractivity contribution in [1.29, 1.82) is 0 Å². The summed E-state index contributed by atoms with van der Waals surface area (Å²) in [5.74, 6) is 1.53. The molecule has 0 atom stereocenters. The third kappa shape index (κ3) is 1.84. The number of rotatable bonds is 2.